The van der Waals surface area contributed by atoms with Gasteiger partial charge < -0.3 is 14.2 Å². The molecular weight excluding hydrogens is 772 g/mol. The highest BCUT2D eigenvalue weighted by Gasteiger charge is 2.48. The van der Waals surface area contributed by atoms with Crippen molar-refractivity contribution in [2.75, 3.05) is 9.80 Å². The fraction of sp³-hybridized carbons (Fsp3) is 0.333. The normalized spacial score (nSPS) is 16.6. The van der Waals surface area contributed by atoms with E-state index in [1.807, 2.05) is 11.3 Å². The van der Waals surface area contributed by atoms with Crippen LogP contribution >= 0.6 is 11.3 Å². The summed E-state index contributed by atoms with van der Waals surface area (Å²) < 4.78 is 9.78. The predicted octanol–water partition coefficient (Wildman–Crippen LogP) is 15.0. The second-order valence-corrected chi connectivity index (χ2v) is 23.4. The molecule has 2 aliphatic heterocycles. The highest BCUT2D eigenvalue weighted by Crippen LogP contribution is 2.53. The Bertz CT molecular complexity index is 3150. The molecule has 3 nitrogen and oxygen atoms in total. The van der Waals surface area contributed by atoms with Crippen LogP contribution in [-0.4, -0.2) is 6.71 Å². The maximum atomic E-state index is 7.02. The topological polar surface area (TPSA) is 19.6 Å². The third-order valence-corrected chi connectivity index (χ3v) is 16.0. The minimum atomic E-state index is 0.0217. The van der Waals surface area contributed by atoms with E-state index in [1.165, 1.54) is 93.8 Å². The van der Waals surface area contributed by atoms with E-state index in [2.05, 4.69) is 202 Å². The van der Waals surface area contributed by atoms with Crippen molar-refractivity contribution >= 4 is 99.9 Å². The molecule has 0 amide bonds. The van der Waals surface area contributed by atoms with Crippen molar-refractivity contribution in [2.24, 2.45) is 0 Å². The molecule has 4 heterocycles. The lowest BCUT2D eigenvalue weighted by Gasteiger charge is -2.46. The first-order valence-corrected chi connectivity index (χ1v) is 23.7. The Labute approximate surface area is 372 Å². The van der Waals surface area contributed by atoms with Gasteiger partial charge in [0.1, 0.15) is 5.58 Å². The minimum Gasteiger partial charge on any atom is -0.454 e. The molecule has 0 fully saturated rings. The van der Waals surface area contributed by atoms with E-state index in [1.54, 1.807) is 0 Å². The highest BCUT2D eigenvalue weighted by molar-refractivity contribution is 7.33. The largest absolute Gasteiger partial charge is 0.454 e. The number of fused-ring (bicyclic) bond motifs is 10. The van der Waals surface area contributed by atoms with Crippen molar-refractivity contribution in [3.63, 3.8) is 0 Å². The zero-order valence-corrected chi connectivity index (χ0v) is 39.5. The molecule has 0 saturated heterocycles. The lowest BCUT2D eigenvalue weighted by molar-refractivity contribution is 0.332. The van der Waals surface area contributed by atoms with Gasteiger partial charge in [-0.25, -0.2) is 0 Å². The fourth-order valence-electron chi connectivity index (χ4n) is 10.9. The molecule has 62 heavy (non-hydrogen) atoms. The Balaban J connectivity index is 1.25. The third-order valence-electron chi connectivity index (χ3n) is 14.8. The average Bonchev–Trinajstić information content (AvgIpc) is 3.80. The monoisotopic (exact) mass is 830 g/mol. The van der Waals surface area contributed by atoms with E-state index in [9.17, 15) is 0 Å². The zero-order chi connectivity index (χ0) is 43.4. The van der Waals surface area contributed by atoms with Crippen LogP contribution < -0.4 is 25.5 Å². The molecule has 312 valence electrons. The van der Waals surface area contributed by atoms with E-state index >= 15 is 0 Å². The van der Waals surface area contributed by atoms with Crippen LogP contribution in [0.1, 0.15) is 130 Å². The van der Waals surface area contributed by atoms with Gasteiger partial charge in [0.2, 0.25) is 0 Å². The van der Waals surface area contributed by atoms with E-state index in [-0.39, 0.29) is 28.4 Å². The first-order valence-electron chi connectivity index (χ1n) is 22.9. The fourth-order valence-corrected chi connectivity index (χ4v) is 12.2. The zero-order valence-electron chi connectivity index (χ0n) is 38.7. The second kappa shape index (κ2) is 13.1. The van der Waals surface area contributed by atoms with Gasteiger partial charge in [0, 0.05) is 48.4 Å². The number of hydrogen-bond acceptors (Lipinski definition) is 4. The van der Waals surface area contributed by atoms with Gasteiger partial charge in [-0.05, 0) is 140 Å². The minimum absolute atomic E-state index is 0.0217. The summed E-state index contributed by atoms with van der Waals surface area (Å²) >= 11 is 1.99. The van der Waals surface area contributed by atoms with Gasteiger partial charge in [-0.3, -0.25) is 0 Å². The first-order chi connectivity index (χ1) is 29.3. The molecule has 5 heteroatoms. The van der Waals surface area contributed by atoms with Crippen molar-refractivity contribution in [2.45, 2.75) is 124 Å². The second-order valence-electron chi connectivity index (χ2n) is 22.3. The van der Waals surface area contributed by atoms with Crippen LogP contribution in [-0.2, 0) is 21.7 Å². The number of rotatable bonds is 3. The molecule has 1 aliphatic carbocycles. The molecule has 0 radical (unpaired) electrons. The summed E-state index contributed by atoms with van der Waals surface area (Å²) in [5, 5.41) is 3.67. The molecule has 0 N–H and O–H groups in total. The van der Waals surface area contributed by atoms with Crippen LogP contribution in [0.5, 0.6) is 0 Å². The van der Waals surface area contributed by atoms with E-state index in [0.717, 1.165) is 28.7 Å². The summed E-state index contributed by atoms with van der Waals surface area (Å²) in [7, 11) is 0. The van der Waals surface area contributed by atoms with Crippen LogP contribution in [0, 0.1) is 0 Å². The molecule has 8 aromatic rings. The number of anilines is 6. The van der Waals surface area contributed by atoms with Crippen molar-refractivity contribution in [3.8, 4) is 0 Å². The molecular formula is C57H59BN2OS. The van der Waals surface area contributed by atoms with Gasteiger partial charge in [0.25, 0.3) is 6.71 Å². The Morgan fingerprint density at radius 2 is 1.21 bits per heavy atom. The van der Waals surface area contributed by atoms with Crippen molar-refractivity contribution < 1.29 is 4.42 Å². The molecule has 0 bridgehead atoms. The number of thiophene rings is 1. The lowest BCUT2D eigenvalue weighted by atomic mass is 9.35. The van der Waals surface area contributed by atoms with Gasteiger partial charge in [0.15, 0.2) is 5.58 Å². The van der Waals surface area contributed by atoms with Crippen LogP contribution in [0.15, 0.2) is 114 Å². The summed E-state index contributed by atoms with van der Waals surface area (Å²) in [6, 6.07) is 42.5. The van der Waals surface area contributed by atoms with Crippen LogP contribution in [0.2, 0.25) is 0 Å². The first kappa shape index (κ1) is 39.6. The standard InChI is InChI=1S/C57H59BN2OS/c1-33(2)34-19-23-37(24-20-34)59-44-16-14-17-45-50(44)58(53-51(59)40-30-36(55(6,7)8)22-26-49(40)62-53)43-31-41-42(57(11,12)28-27-56(41,9)10)32-47(43)60(45)46-18-13-15-38-39-29-35(54(3,4)5)21-25-48(39)61-52(38)46/h13-26,29-33H,27-28H2,1-12H3. The van der Waals surface area contributed by atoms with Gasteiger partial charge in [-0.1, -0.05) is 132 Å². The number of hydrogen-bond donors (Lipinski definition) is 0. The molecule has 0 unspecified atom stereocenters. The van der Waals surface area contributed by atoms with Crippen molar-refractivity contribution in [3.05, 3.63) is 137 Å². The molecule has 6 aromatic carbocycles. The van der Waals surface area contributed by atoms with Crippen LogP contribution in [0.4, 0.5) is 34.1 Å². The smallest absolute Gasteiger partial charge is 0.264 e. The molecule has 0 saturated carbocycles. The number of nitrogens with zero attached hydrogens (tertiary/aromatic N) is 2. The highest BCUT2D eigenvalue weighted by atomic mass is 32.1. The SMILES string of the molecule is CC(C)c1ccc(N2c3cccc4c3B(c3cc5c(cc3N4c3cccc4c3oc3ccc(C(C)(C)C)cc34)C(C)(C)CCC5(C)C)c3sc4ccc(C(C)(C)C)cc4c32)cc1. The van der Waals surface area contributed by atoms with Crippen LogP contribution in [0.25, 0.3) is 32.0 Å². The van der Waals surface area contributed by atoms with Gasteiger partial charge in [-0.2, -0.15) is 0 Å². The molecule has 2 aromatic heterocycles. The third kappa shape index (κ3) is 5.76. The lowest BCUT2D eigenvalue weighted by Crippen LogP contribution is -2.61. The van der Waals surface area contributed by atoms with Gasteiger partial charge in [0.05, 0.1) is 11.4 Å². The van der Waals surface area contributed by atoms with Gasteiger partial charge >= 0.3 is 0 Å². The summed E-state index contributed by atoms with van der Waals surface area (Å²) in [6.07, 6.45) is 2.33. The Morgan fingerprint density at radius 3 is 1.87 bits per heavy atom. The Kier molecular flexibility index (Phi) is 8.39. The number of para-hydroxylation sites is 1. The predicted molar refractivity (Wildman–Crippen MR) is 270 cm³/mol. The molecule has 3 aliphatic rings. The van der Waals surface area contributed by atoms with Gasteiger partial charge in [-0.15, -0.1) is 11.3 Å². The van der Waals surface area contributed by atoms with E-state index in [0.29, 0.717) is 5.92 Å². The summed E-state index contributed by atoms with van der Waals surface area (Å²) in [4.78, 5) is 5.18. The molecule has 0 spiro atoms. The maximum absolute atomic E-state index is 7.02. The van der Waals surface area contributed by atoms with E-state index in [4.69, 9.17) is 4.42 Å². The Hall–Kier alpha value is -5.26. The maximum Gasteiger partial charge on any atom is 0.264 e. The average molecular weight is 831 g/mol. The summed E-state index contributed by atoms with van der Waals surface area (Å²) in [6.45, 7) is 28.4. The number of benzene rings is 6. The molecule has 11 rings (SSSR count). The van der Waals surface area contributed by atoms with Crippen molar-refractivity contribution in [1.82, 2.24) is 0 Å². The molecule has 0 atom stereocenters. The van der Waals surface area contributed by atoms with E-state index < -0.39 is 0 Å². The van der Waals surface area contributed by atoms with Crippen molar-refractivity contribution in [1.29, 1.82) is 0 Å². The Morgan fingerprint density at radius 1 is 0.613 bits per heavy atom. The quantitative estimate of drug-likeness (QED) is 0.165. The summed E-state index contributed by atoms with van der Waals surface area (Å²) in [5.41, 5.74) is 19.1. The number of furan rings is 1. The van der Waals surface area contributed by atoms with Crippen LogP contribution in [0.3, 0.4) is 0 Å². The summed E-state index contributed by atoms with van der Waals surface area (Å²) in [5.74, 6) is 0.456.